The van der Waals surface area contributed by atoms with Crippen LogP contribution >= 0.6 is 0 Å². The first-order valence-corrected chi connectivity index (χ1v) is 3.72. The van der Waals surface area contributed by atoms with E-state index in [1.165, 1.54) is 7.05 Å². The summed E-state index contributed by atoms with van der Waals surface area (Å²) < 4.78 is 0. The molecule has 0 spiro atoms. The average Bonchev–Trinajstić information content (AvgIpc) is 2.09. The highest BCUT2D eigenvalue weighted by molar-refractivity contribution is 6.02. The molecule has 1 rings (SSSR count). The second-order valence-electron chi connectivity index (χ2n) is 3.07. The van der Waals surface area contributed by atoms with Crippen LogP contribution in [0.5, 0.6) is 0 Å². The van der Waals surface area contributed by atoms with Gasteiger partial charge in [0.25, 0.3) is 5.91 Å². The van der Waals surface area contributed by atoms with Gasteiger partial charge in [-0.05, 0) is 6.42 Å². The Morgan fingerprint density at radius 1 is 1.67 bits per heavy atom. The van der Waals surface area contributed by atoms with Crippen LogP contribution < -0.4 is 5.73 Å². The van der Waals surface area contributed by atoms with Crippen molar-refractivity contribution in [2.24, 2.45) is 5.73 Å². The van der Waals surface area contributed by atoms with Gasteiger partial charge in [-0.15, -0.1) is 0 Å². The number of carbonyl (C=O) groups excluding carboxylic acids is 2. The van der Waals surface area contributed by atoms with Crippen molar-refractivity contribution in [3.05, 3.63) is 0 Å². The van der Waals surface area contributed by atoms with E-state index in [2.05, 4.69) is 0 Å². The third-order valence-corrected chi connectivity index (χ3v) is 2.17. The number of aliphatic hydroxyl groups excluding tert-OH is 1. The Morgan fingerprint density at radius 2 is 2.25 bits per heavy atom. The van der Waals surface area contributed by atoms with Gasteiger partial charge in [0, 0.05) is 13.5 Å². The molecule has 1 aliphatic rings. The maximum Gasteiger partial charge on any atom is 0.251 e. The predicted molar refractivity (Wildman–Crippen MR) is 41.0 cm³/mol. The van der Waals surface area contributed by atoms with Crippen LogP contribution in [0.3, 0.4) is 0 Å². The number of hydrogen-bond acceptors (Lipinski definition) is 4. The molecule has 1 saturated heterocycles. The van der Waals surface area contributed by atoms with Crippen molar-refractivity contribution in [2.45, 2.75) is 18.4 Å². The lowest BCUT2D eigenvalue weighted by Gasteiger charge is -2.34. The first-order valence-electron chi connectivity index (χ1n) is 3.72. The summed E-state index contributed by atoms with van der Waals surface area (Å²) in [6.07, 6.45) is 0.449. The SMILES string of the molecule is CN1C(=O)CCC(N)(CO)C1=O. The number of nitrogens with two attached hydrogens (primary N) is 1. The normalized spacial score (nSPS) is 31.1. The fraction of sp³-hybridized carbons (Fsp3) is 0.714. The van der Waals surface area contributed by atoms with Gasteiger partial charge in [0.2, 0.25) is 5.91 Å². The van der Waals surface area contributed by atoms with E-state index in [0.717, 1.165) is 4.90 Å². The number of likely N-dealkylation sites (tertiary alicyclic amines) is 1. The molecule has 68 valence electrons. The van der Waals surface area contributed by atoms with E-state index >= 15 is 0 Å². The minimum absolute atomic E-state index is 0.222. The van der Waals surface area contributed by atoms with Crippen LogP contribution in [-0.4, -0.2) is 41.0 Å². The van der Waals surface area contributed by atoms with E-state index in [9.17, 15) is 9.59 Å². The zero-order valence-electron chi connectivity index (χ0n) is 6.91. The smallest absolute Gasteiger partial charge is 0.251 e. The van der Waals surface area contributed by atoms with Crippen molar-refractivity contribution in [1.29, 1.82) is 0 Å². The molecule has 0 aromatic rings. The van der Waals surface area contributed by atoms with Gasteiger partial charge in [0.05, 0.1) is 6.61 Å². The number of aliphatic hydroxyl groups is 1. The van der Waals surface area contributed by atoms with Crippen LogP contribution in [0.15, 0.2) is 0 Å². The first-order chi connectivity index (χ1) is 5.51. The quantitative estimate of drug-likeness (QED) is 0.469. The lowest BCUT2D eigenvalue weighted by Crippen LogP contribution is -2.61. The molecular formula is C7H12N2O3. The Hall–Kier alpha value is -0.940. The van der Waals surface area contributed by atoms with E-state index in [1.807, 2.05) is 0 Å². The number of hydrogen-bond donors (Lipinski definition) is 2. The van der Waals surface area contributed by atoms with Crippen LogP contribution in [0.4, 0.5) is 0 Å². The van der Waals surface area contributed by atoms with Crippen molar-refractivity contribution in [2.75, 3.05) is 13.7 Å². The summed E-state index contributed by atoms with van der Waals surface area (Å²) in [5, 5.41) is 8.84. The van der Waals surface area contributed by atoms with Gasteiger partial charge in [-0.2, -0.15) is 0 Å². The van der Waals surface area contributed by atoms with Crippen molar-refractivity contribution < 1.29 is 14.7 Å². The van der Waals surface area contributed by atoms with E-state index in [0.29, 0.717) is 0 Å². The second-order valence-corrected chi connectivity index (χ2v) is 3.07. The Morgan fingerprint density at radius 3 is 2.75 bits per heavy atom. The van der Waals surface area contributed by atoms with Gasteiger partial charge < -0.3 is 10.8 Å². The molecule has 1 aliphatic heterocycles. The van der Waals surface area contributed by atoms with Crippen LogP contribution in [0.1, 0.15) is 12.8 Å². The molecule has 0 aromatic carbocycles. The van der Waals surface area contributed by atoms with Gasteiger partial charge in [-0.25, -0.2) is 0 Å². The highest BCUT2D eigenvalue weighted by Crippen LogP contribution is 2.19. The van der Waals surface area contributed by atoms with Gasteiger partial charge >= 0.3 is 0 Å². The molecule has 1 fully saturated rings. The fourth-order valence-electron chi connectivity index (χ4n) is 1.20. The molecule has 5 heteroatoms. The number of likely N-dealkylation sites (N-methyl/N-ethyl adjacent to an activating group) is 1. The van der Waals surface area contributed by atoms with Crippen LogP contribution in [0.2, 0.25) is 0 Å². The Bertz CT molecular complexity index is 229. The molecule has 0 bridgehead atoms. The van der Waals surface area contributed by atoms with Crippen molar-refractivity contribution >= 4 is 11.8 Å². The number of amides is 2. The molecule has 0 saturated carbocycles. The number of piperidine rings is 1. The Labute approximate surface area is 70.1 Å². The van der Waals surface area contributed by atoms with E-state index < -0.39 is 18.1 Å². The summed E-state index contributed by atoms with van der Waals surface area (Å²) >= 11 is 0. The van der Waals surface area contributed by atoms with Gasteiger partial charge in [-0.3, -0.25) is 14.5 Å². The lowest BCUT2D eigenvalue weighted by atomic mass is 9.90. The molecule has 0 aliphatic carbocycles. The van der Waals surface area contributed by atoms with Crippen molar-refractivity contribution in [1.82, 2.24) is 4.90 Å². The van der Waals surface area contributed by atoms with Crippen LogP contribution in [0.25, 0.3) is 0 Å². The Balaban J connectivity index is 2.85. The molecule has 1 atom stereocenters. The third-order valence-electron chi connectivity index (χ3n) is 2.17. The molecule has 0 radical (unpaired) electrons. The minimum atomic E-state index is -1.25. The first kappa shape index (κ1) is 9.15. The minimum Gasteiger partial charge on any atom is -0.394 e. The van der Waals surface area contributed by atoms with E-state index in [-0.39, 0.29) is 18.7 Å². The highest BCUT2D eigenvalue weighted by Gasteiger charge is 2.42. The monoisotopic (exact) mass is 172 g/mol. The summed E-state index contributed by atoms with van der Waals surface area (Å²) in [4.78, 5) is 23.3. The zero-order chi connectivity index (χ0) is 9.35. The Kier molecular flexibility index (Phi) is 2.16. The standard InChI is InChI=1S/C7H12N2O3/c1-9-5(11)2-3-7(8,4-10)6(9)12/h10H,2-4,8H2,1H3. The molecule has 12 heavy (non-hydrogen) atoms. The zero-order valence-corrected chi connectivity index (χ0v) is 6.91. The molecule has 0 aromatic heterocycles. The third kappa shape index (κ3) is 1.21. The molecular weight excluding hydrogens is 160 g/mol. The summed E-state index contributed by atoms with van der Waals surface area (Å²) in [6.45, 7) is -0.413. The van der Waals surface area contributed by atoms with E-state index in [4.69, 9.17) is 10.8 Å². The topological polar surface area (TPSA) is 83.6 Å². The van der Waals surface area contributed by atoms with Gasteiger partial charge in [0.15, 0.2) is 0 Å². The lowest BCUT2D eigenvalue weighted by molar-refractivity contribution is -0.152. The maximum atomic E-state index is 11.3. The van der Waals surface area contributed by atoms with Gasteiger partial charge in [0.1, 0.15) is 5.54 Å². The summed E-state index contributed by atoms with van der Waals surface area (Å²) in [5.74, 6) is -0.740. The predicted octanol–water partition coefficient (Wildman–Crippen LogP) is -1.54. The average molecular weight is 172 g/mol. The van der Waals surface area contributed by atoms with Gasteiger partial charge in [-0.1, -0.05) is 0 Å². The molecule has 1 unspecified atom stereocenters. The number of carbonyl (C=O) groups is 2. The van der Waals surface area contributed by atoms with Crippen molar-refractivity contribution in [3.8, 4) is 0 Å². The summed E-state index contributed by atoms with van der Waals surface area (Å²) in [6, 6.07) is 0. The molecule has 3 N–H and O–H groups in total. The summed E-state index contributed by atoms with van der Waals surface area (Å²) in [5.41, 5.74) is 4.31. The number of nitrogens with zero attached hydrogens (tertiary/aromatic N) is 1. The highest BCUT2D eigenvalue weighted by atomic mass is 16.3. The number of rotatable bonds is 1. The molecule has 5 nitrogen and oxygen atoms in total. The number of imide groups is 1. The molecule has 1 heterocycles. The second kappa shape index (κ2) is 2.84. The van der Waals surface area contributed by atoms with Crippen LogP contribution in [-0.2, 0) is 9.59 Å². The van der Waals surface area contributed by atoms with E-state index in [1.54, 1.807) is 0 Å². The van der Waals surface area contributed by atoms with Crippen molar-refractivity contribution in [3.63, 3.8) is 0 Å². The summed E-state index contributed by atoms with van der Waals surface area (Å²) in [7, 11) is 1.38. The van der Waals surface area contributed by atoms with Crippen LogP contribution in [0, 0.1) is 0 Å². The fourth-order valence-corrected chi connectivity index (χ4v) is 1.20. The largest absolute Gasteiger partial charge is 0.394 e. The maximum absolute atomic E-state index is 11.3. The molecule has 2 amide bonds.